The zero-order valence-corrected chi connectivity index (χ0v) is 16.9. The van der Waals surface area contributed by atoms with Crippen LogP contribution in [0.5, 0.6) is 11.5 Å². The van der Waals surface area contributed by atoms with E-state index in [0.717, 1.165) is 45.6 Å². The second-order valence-corrected chi connectivity index (χ2v) is 8.95. The van der Waals surface area contributed by atoms with Gasteiger partial charge in [0.25, 0.3) is 0 Å². The van der Waals surface area contributed by atoms with Crippen LogP contribution in [0, 0.1) is 5.21 Å². The van der Waals surface area contributed by atoms with Gasteiger partial charge in [-0.05, 0) is 60.9 Å². The maximum atomic E-state index is 12.3. The van der Waals surface area contributed by atoms with Crippen molar-refractivity contribution in [3.05, 3.63) is 53.2 Å². The summed E-state index contributed by atoms with van der Waals surface area (Å²) >= 11 is 0. The molecule has 0 aliphatic carbocycles. The summed E-state index contributed by atoms with van der Waals surface area (Å²) in [5.41, 5.74) is 1.61. The number of methoxy groups -OCH3 is 1. The third-order valence-corrected chi connectivity index (χ3v) is 6.28. The van der Waals surface area contributed by atoms with Gasteiger partial charge in [-0.2, -0.15) is 0 Å². The Morgan fingerprint density at radius 3 is 2.52 bits per heavy atom. The average Bonchev–Trinajstić information content (AvgIpc) is 2.89. The molecule has 2 aromatic carbocycles. The first kappa shape index (κ1) is 19.7. The third kappa shape index (κ3) is 4.62. The van der Waals surface area contributed by atoms with Gasteiger partial charge in [0.1, 0.15) is 11.5 Å². The molecular weight excluding hydrogens is 362 g/mol. The molecule has 1 aliphatic rings. The number of nitrogens with zero attached hydrogens (tertiary/aromatic N) is 1. The Labute approximate surface area is 163 Å². The van der Waals surface area contributed by atoms with E-state index in [1.165, 1.54) is 0 Å². The van der Waals surface area contributed by atoms with Crippen molar-refractivity contribution in [2.45, 2.75) is 37.0 Å². The Morgan fingerprint density at radius 1 is 1.11 bits per heavy atom. The lowest BCUT2D eigenvalue weighted by Crippen LogP contribution is -2.23. The number of fused-ring (bicyclic) bond motifs is 1. The van der Waals surface area contributed by atoms with Gasteiger partial charge in [0.05, 0.1) is 24.5 Å². The highest BCUT2D eigenvalue weighted by Crippen LogP contribution is 2.41. The first-order valence-electron chi connectivity index (χ1n) is 9.15. The fraction of sp³-hybridized carbons (Fsp3) is 0.429. The van der Waals surface area contributed by atoms with Crippen LogP contribution in [0.3, 0.4) is 0 Å². The van der Waals surface area contributed by atoms with Gasteiger partial charge in [-0.15, -0.1) is 0 Å². The summed E-state index contributed by atoms with van der Waals surface area (Å²) in [6.07, 6.45) is 1.65. The number of rotatable bonds is 8. The van der Waals surface area contributed by atoms with Crippen molar-refractivity contribution >= 4 is 16.5 Å². The zero-order valence-electron chi connectivity index (χ0n) is 16.1. The van der Waals surface area contributed by atoms with Crippen LogP contribution in [0.15, 0.2) is 47.4 Å². The molecule has 3 rings (SSSR count). The highest BCUT2D eigenvalue weighted by molar-refractivity contribution is 7.85. The highest BCUT2D eigenvalue weighted by Gasteiger charge is 2.31. The van der Waals surface area contributed by atoms with Crippen LogP contribution in [0.4, 0.5) is 5.69 Å². The smallest absolute Gasteiger partial charge is 0.119 e. The van der Waals surface area contributed by atoms with Gasteiger partial charge in [0.2, 0.25) is 0 Å². The van der Waals surface area contributed by atoms with Crippen LogP contribution >= 0.6 is 0 Å². The molecule has 0 saturated carbocycles. The van der Waals surface area contributed by atoms with Gasteiger partial charge >= 0.3 is 0 Å². The largest absolute Gasteiger partial charge is 0.758 e. The number of benzene rings is 2. The third-order valence-electron chi connectivity index (χ3n) is 4.82. The topological polar surface area (TPSA) is 61.8 Å². The molecule has 0 bridgehead atoms. The molecular formula is C21H26NO4S-. The van der Waals surface area contributed by atoms with E-state index in [0.29, 0.717) is 18.9 Å². The van der Waals surface area contributed by atoms with Gasteiger partial charge in [0, 0.05) is 28.3 Å². The zero-order chi connectivity index (χ0) is 19.4. The molecule has 0 N–H and O–H groups in total. The molecule has 2 aromatic rings. The van der Waals surface area contributed by atoms with Crippen LogP contribution in [-0.2, 0) is 16.2 Å². The molecule has 1 aliphatic heterocycles. The number of unbranched alkanes of at least 4 members (excludes halogenated alkanes) is 1. The number of hydrogen-bond acceptors (Lipinski definition) is 5. The average molecular weight is 389 g/mol. The lowest BCUT2D eigenvalue weighted by atomic mass is 9.87. The standard InChI is InChI=1S/C21H26NO4S/c1-21(2)15-22(23)20-11-8-17(14-19(20)21)26-12-4-5-13-27(24)18-9-6-16(25-3)7-10-18/h6-11,14H,4-5,12-13,15H2,1-3H3/q-1. The van der Waals surface area contributed by atoms with E-state index >= 15 is 0 Å². The molecule has 1 heterocycles. The van der Waals surface area contributed by atoms with Crippen molar-refractivity contribution < 1.29 is 13.7 Å². The summed E-state index contributed by atoms with van der Waals surface area (Å²) in [6, 6.07) is 13.0. The minimum atomic E-state index is -1.01. The van der Waals surface area contributed by atoms with E-state index in [2.05, 4.69) is 13.8 Å². The predicted octanol–water partition coefficient (Wildman–Crippen LogP) is 4.26. The Bertz CT molecular complexity index is 804. The SMILES string of the molecule is COc1ccc(S(=O)CCCCOc2ccc3c(c2)C(C)(C)CN3[O-])cc1. The molecule has 0 amide bonds. The highest BCUT2D eigenvalue weighted by atomic mass is 32.2. The summed E-state index contributed by atoms with van der Waals surface area (Å²) < 4.78 is 23.3. The number of ether oxygens (including phenoxy) is 2. The summed E-state index contributed by atoms with van der Waals surface area (Å²) in [7, 11) is 0.608. The molecule has 0 aromatic heterocycles. The normalized spacial score (nSPS) is 16.1. The number of anilines is 1. The van der Waals surface area contributed by atoms with Crippen molar-refractivity contribution in [1.82, 2.24) is 0 Å². The minimum absolute atomic E-state index is 0.161. The van der Waals surface area contributed by atoms with Gasteiger partial charge in [0.15, 0.2) is 0 Å². The molecule has 27 heavy (non-hydrogen) atoms. The summed E-state index contributed by atoms with van der Waals surface area (Å²) in [5, 5.41) is 13.0. The number of hydrogen-bond donors (Lipinski definition) is 0. The molecule has 0 saturated heterocycles. The van der Waals surface area contributed by atoms with Crippen molar-refractivity contribution in [3.8, 4) is 11.5 Å². The van der Waals surface area contributed by atoms with E-state index in [1.807, 2.05) is 42.5 Å². The van der Waals surface area contributed by atoms with E-state index in [4.69, 9.17) is 9.47 Å². The first-order chi connectivity index (χ1) is 12.9. The summed E-state index contributed by atoms with van der Waals surface area (Å²) in [6.45, 7) is 5.19. The predicted molar refractivity (Wildman–Crippen MR) is 109 cm³/mol. The van der Waals surface area contributed by atoms with Crippen molar-refractivity contribution in [3.63, 3.8) is 0 Å². The van der Waals surface area contributed by atoms with Gasteiger partial charge in [-0.3, -0.25) is 4.21 Å². The Balaban J connectivity index is 1.45. The van der Waals surface area contributed by atoms with Crippen molar-refractivity contribution in [1.29, 1.82) is 0 Å². The quantitative estimate of drug-likeness (QED) is 0.633. The summed E-state index contributed by atoms with van der Waals surface area (Å²) in [5.74, 6) is 2.16. The Kier molecular flexibility index (Phi) is 6.07. The monoisotopic (exact) mass is 388 g/mol. The molecule has 146 valence electrons. The van der Waals surface area contributed by atoms with E-state index < -0.39 is 10.8 Å². The van der Waals surface area contributed by atoms with Crippen molar-refractivity contribution in [2.24, 2.45) is 0 Å². The minimum Gasteiger partial charge on any atom is -0.758 e. The van der Waals surface area contributed by atoms with Gasteiger partial charge in [-0.25, -0.2) is 0 Å². The lowest BCUT2D eigenvalue weighted by Gasteiger charge is -2.27. The van der Waals surface area contributed by atoms with Crippen LogP contribution in [0.2, 0.25) is 0 Å². The molecule has 1 atom stereocenters. The molecule has 0 fully saturated rings. The number of hydroxylamine groups is 1. The Hall–Kier alpha value is -2.05. The summed E-state index contributed by atoms with van der Waals surface area (Å²) in [4.78, 5) is 0.819. The van der Waals surface area contributed by atoms with E-state index in [1.54, 1.807) is 7.11 Å². The van der Waals surface area contributed by atoms with E-state index in [9.17, 15) is 9.42 Å². The van der Waals surface area contributed by atoms with Gasteiger partial charge in [-0.1, -0.05) is 13.8 Å². The maximum Gasteiger partial charge on any atom is 0.119 e. The second kappa shape index (κ2) is 8.31. The molecule has 5 nitrogen and oxygen atoms in total. The lowest BCUT2D eigenvalue weighted by molar-refractivity contribution is 0.309. The van der Waals surface area contributed by atoms with E-state index in [-0.39, 0.29) is 5.41 Å². The van der Waals surface area contributed by atoms with Crippen LogP contribution in [0.1, 0.15) is 32.3 Å². The van der Waals surface area contributed by atoms with Crippen molar-refractivity contribution in [2.75, 3.05) is 31.1 Å². The molecule has 0 radical (unpaired) electrons. The molecule has 0 spiro atoms. The first-order valence-corrected chi connectivity index (χ1v) is 10.5. The fourth-order valence-corrected chi connectivity index (χ4v) is 4.41. The molecule has 1 unspecified atom stereocenters. The van der Waals surface area contributed by atoms with Gasteiger partial charge < -0.3 is 19.7 Å². The van der Waals surface area contributed by atoms with Crippen LogP contribution in [0.25, 0.3) is 0 Å². The molecule has 6 heteroatoms. The fourth-order valence-electron chi connectivity index (χ4n) is 3.26. The maximum absolute atomic E-state index is 12.3. The Morgan fingerprint density at radius 2 is 1.81 bits per heavy atom. The van der Waals surface area contributed by atoms with Crippen LogP contribution < -0.4 is 14.5 Å². The second-order valence-electron chi connectivity index (χ2n) is 7.38. The van der Waals surface area contributed by atoms with Crippen LogP contribution in [-0.4, -0.2) is 30.2 Å².